The van der Waals surface area contributed by atoms with Gasteiger partial charge in [0.2, 0.25) is 0 Å². The molecule has 0 radical (unpaired) electrons. The summed E-state index contributed by atoms with van der Waals surface area (Å²) in [6, 6.07) is 16.6. The van der Waals surface area contributed by atoms with Crippen LogP contribution in [0.4, 0.5) is 0 Å². The maximum atomic E-state index is 12.3. The SMILES string of the molecule is COC(=O)c1ccccc1-c1ccc([C@H]2[C@H](c3ccccn3)NC(=S)N2C[C@@H]2CCCO2)o1. The van der Waals surface area contributed by atoms with E-state index in [2.05, 4.69) is 15.2 Å². The summed E-state index contributed by atoms with van der Waals surface area (Å²) >= 11 is 5.73. The van der Waals surface area contributed by atoms with Gasteiger partial charge in [0.05, 0.1) is 30.5 Å². The number of esters is 1. The number of methoxy groups -OCH3 is 1. The number of aromatic nitrogens is 1. The van der Waals surface area contributed by atoms with Gasteiger partial charge in [-0.1, -0.05) is 24.3 Å². The molecule has 0 aliphatic carbocycles. The molecule has 0 bridgehead atoms. The molecule has 170 valence electrons. The Balaban J connectivity index is 1.52. The average molecular weight is 464 g/mol. The second-order valence-corrected chi connectivity index (χ2v) is 8.54. The Morgan fingerprint density at radius 1 is 1.21 bits per heavy atom. The van der Waals surface area contributed by atoms with Gasteiger partial charge in [-0.15, -0.1) is 0 Å². The van der Waals surface area contributed by atoms with Crippen LogP contribution in [0.5, 0.6) is 0 Å². The molecule has 0 amide bonds. The fourth-order valence-electron chi connectivity index (χ4n) is 4.56. The first-order valence-corrected chi connectivity index (χ1v) is 11.4. The summed E-state index contributed by atoms with van der Waals surface area (Å²) in [5.41, 5.74) is 2.02. The molecule has 7 nitrogen and oxygen atoms in total. The topological polar surface area (TPSA) is 76.8 Å². The fourth-order valence-corrected chi connectivity index (χ4v) is 4.88. The van der Waals surface area contributed by atoms with Crippen LogP contribution in [0, 0.1) is 0 Å². The van der Waals surface area contributed by atoms with Crippen LogP contribution >= 0.6 is 12.2 Å². The van der Waals surface area contributed by atoms with Crippen LogP contribution in [0.15, 0.2) is 65.2 Å². The van der Waals surface area contributed by atoms with Crippen molar-refractivity contribution >= 4 is 23.3 Å². The van der Waals surface area contributed by atoms with Crippen LogP contribution in [-0.2, 0) is 9.47 Å². The first-order valence-electron chi connectivity index (χ1n) is 11.0. The molecule has 2 aliphatic rings. The number of rotatable bonds is 6. The maximum Gasteiger partial charge on any atom is 0.338 e. The first-order chi connectivity index (χ1) is 16.2. The average Bonchev–Trinajstić information content (AvgIpc) is 3.61. The quantitative estimate of drug-likeness (QED) is 0.429. The van der Waals surface area contributed by atoms with Crippen molar-refractivity contribution in [3.63, 3.8) is 0 Å². The summed E-state index contributed by atoms with van der Waals surface area (Å²) in [5, 5.41) is 4.09. The molecule has 3 aromatic rings. The van der Waals surface area contributed by atoms with Crippen molar-refractivity contribution < 1.29 is 18.7 Å². The summed E-state index contributed by atoms with van der Waals surface area (Å²) in [6.07, 6.45) is 3.97. The predicted molar refractivity (Wildman–Crippen MR) is 127 cm³/mol. The van der Waals surface area contributed by atoms with Crippen LogP contribution in [0.2, 0.25) is 0 Å². The summed E-state index contributed by atoms with van der Waals surface area (Å²) < 4.78 is 17.2. The molecular formula is C25H25N3O4S. The van der Waals surface area contributed by atoms with Crippen molar-refractivity contribution in [2.24, 2.45) is 0 Å². The molecule has 2 aromatic heterocycles. The first kappa shape index (κ1) is 21.6. The third-order valence-corrected chi connectivity index (χ3v) is 6.49. The lowest BCUT2D eigenvalue weighted by Crippen LogP contribution is -2.36. The van der Waals surface area contributed by atoms with Crippen LogP contribution in [0.1, 0.15) is 46.7 Å². The zero-order valence-corrected chi connectivity index (χ0v) is 19.1. The van der Waals surface area contributed by atoms with E-state index in [4.69, 9.17) is 26.1 Å². The van der Waals surface area contributed by atoms with Gasteiger partial charge in [-0.25, -0.2) is 4.79 Å². The Kier molecular flexibility index (Phi) is 6.11. The van der Waals surface area contributed by atoms with Gasteiger partial charge in [0.25, 0.3) is 0 Å². The van der Waals surface area contributed by atoms with E-state index in [1.807, 2.05) is 42.5 Å². The van der Waals surface area contributed by atoms with E-state index in [0.29, 0.717) is 28.5 Å². The number of carbonyl (C=O) groups excluding carboxylic acids is 1. The van der Waals surface area contributed by atoms with Gasteiger partial charge in [-0.2, -0.15) is 0 Å². The second kappa shape index (κ2) is 9.33. The van der Waals surface area contributed by atoms with Crippen molar-refractivity contribution in [3.05, 3.63) is 77.8 Å². The number of pyridine rings is 1. The summed E-state index contributed by atoms with van der Waals surface area (Å²) in [7, 11) is 1.37. The van der Waals surface area contributed by atoms with Gasteiger partial charge in [0, 0.05) is 24.9 Å². The Morgan fingerprint density at radius 3 is 2.82 bits per heavy atom. The Morgan fingerprint density at radius 2 is 2.06 bits per heavy atom. The highest BCUT2D eigenvalue weighted by molar-refractivity contribution is 7.80. The lowest BCUT2D eigenvalue weighted by atomic mass is 10.0. The van der Waals surface area contributed by atoms with Gasteiger partial charge in [0.1, 0.15) is 17.6 Å². The fraction of sp³-hybridized carbons (Fsp3) is 0.320. The lowest BCUT2D eigenvalue weighted by Gasteiger charge is -2.28. The van der Waals surface area contributed by atoms with Gasteiger partial charge in [0.15, 0.2) is 5.11 Å². The maximum absolute atomic E-state index is 12.3. The highest BCUT2D eigenvalue weighted by atomic mass is 32.1. The summed E-state index contributed by atoms with van der Waals surface area (Å²) in [4.78, 5) is 19.0. The monoisotopic (exact) mass is 463 g/mol. The molecule has 1 N–H and O–H groups in total. The van der Waals surface area contributed by atoms with Gasteiger partial charge in [-0.3, -0.25) is 4.98 Å². The molecule has 2 aliphatic heterocycles. The summed E-state index contributed by atoms with van der Waals surface area (Å²) in [6.45, 7) is 1.46. The van der Waals surface area contributed by atoms with Crippen molar-refractivity contribution in [1.29, 1.82) is 0 Å². The molecule has 0 saturated carbocycles. The molecule has 0 unspecified atom stereocenters. The second-order valence-electron chi connectivity index (χ2n) is 8.15. The smallest absolute Gasteiger partial charge is 0.338 e. The van der Waals surface area contributed by atoms with Crippen LogP contribution in [0.3, 0.4) is 0 Å². The van der Waals surface area contributed by atoms with E-state index >= 15 is 0 Å². The number of thiocarbonyl (C=S) groups is 1. The number of furan rings is 1. The zero-order chi connectivity index (χ0) is 22.8. The Bertz CT molecular complexity index is 1140. The lowest BCUT2D eigenvalue weighted by molar-refractivity contribution is 0.0601. The highest BCUT2D eigenvalue weighted by Crippen LogP contribution is 2.41. The third kappa shape index (κ3) is 4.24. The number of benzene rings is 1. The van der Waals surface area contributed by atoms with E-state index in [1.54, 1.807) is 18.3 Å². The van der Waals surface area contributed by atoms with Crippen molar-refractivity contribution in [2.75, 3.05) is 20.3 Å². The van der Waals surface area contributed by atoms with E-state index in [1.165, 1.54) is 7.11 Å². The number of carbonyl (C=O) groups is 1. The van der Waals surface area contributed by atoms with Crippen LogP contribution in [0.25, 0.3) is 11.3 Å². The number of ether oxygens (including phenoxy) is 2. The Hall–Kier alpha value is -3.23. The molecule has 0 spiro atoms. The van der Waals surface area contributed by atoms with Crippen LogP contribution in [-0.4, -0.2) is 47.3 Å². The minimum absolute atomic E-state index is 0.129. The van der Waals surface area contributed by atoms with E-state index in [9.17, 15) is 4.79 Å². The van der Waals surface area contributed by atoms with Crippen molar-refractivity contribution in [1.82, 2.24) is 15.2 Å². The predicted octanol–water partition coefficient (Wildman–Crippen LogP) is 4.28. The summed E-state index contributed by atoms with van der Waals surface area (Å²) in [5.74, 6) is 0.935. The minimum atomic E-state index is -0.404. The molecule has 4 heterocycles. The molecule has 8 heteroatoms. The highest BCUT2D eigenvalue weighted by Gasteiger charge is 2.43. The third-order valence-electron chi connectivity index (χ3n) is 6.14. The number of nitrogens with one attached hydrogen (secondary N) is 1. The minimum Gasteiger partial charge on any atom is -0.465 e. The number of nitrogens with zero attached hydrogens (tertiary/aromatic N) is 2. The normalized spacial score (nSPS) is 22.4. The zero-order valence-electron chi connectivity index (χ0n) is 18.3. The molecule has 2 saturated heterocycles. The number of hydrogen-bond acceptors (Lipinski definition) is 6. The molecule has 1 aromatic carbocycles. The largest absolute Gasteiger partial charge is 0.465 e. The number of hydrogen-bond donors (Lipinski definition) is 1. The standard InChI is InChI=1S/C25H25N3O4S/c1-30-24(29)18-9-3-2-8-17(18)20-11-12-21(32-20)23-22(19-10-4-5-13-26-19)27-25(33)28(23)15-16-7-6-14-31-16/h2-5,8-13,16,22-23H,6-7,14-15H2,1H3,(H,27,33)/t16-,22-,23-/m0/s1. The molecule has 33 heavy (non-hydrogen) atoms. The van der Waals surface area contributed by atoms with E-state index in [-0.39, 0.29) is 18.2 Å². The van der Waals surface area contributed by atoms with Gasteiger partial charge in [-0.05, 0) is 55.4 Å². The Labute approximate surface area is 197 Å². The van der Waals surface area contributed by atoms with Crippen molar-refractivity contribution in [3.8, 4) is 11.3 Å². The van der Waals surface area contributed by atoms with E-state index < -0.39 is 5.97 Å². The van der Waals surface area contributed by atoms with E-state index in [0.717, 1.165) is 30.9 Å². The van der Waals surface area contributed by atoms with Gasteiger partial charge < -0.3 is 24.1 Å². The van der Waals surface area contributed by atoms with Crippen LogP contribution < -0.4 is 5.32 Å². The molecule has 3 atom stereocenters. The molecular weight excluding hydrogens is 438 g/mol. The van der Waals surface area contributed by atoms with Crippen molar-refractivity contribution in [2.45, 2.75) is 31.0 Å². The molecule has 2 fully saturated rings. The molecule has 5 rings (SSSR count). The van der Waals surface area contributed by atoms with Gasteiger partial charge >= 0.3 is 5.97 Å².